The zero-order valence-corrected chi connectivity index (χ0v) is 21.7. The van der Waals surface area contributed by atoms with Crippen LogP contribution in [0.2, 0.25) is 0 Å². The molecule has 2 heterocycles. The van der Waals surface area contributed by atoms with E-state index in [0.29, 0.717) is 24.4 Å². The van der Waals surface area contributed by atoms with E-state index in [0.717, 1.165) is 34.2 Å². The standard InChI is InChI=1S/C31H34N2O4/c1-20-12-13-28(35)33(19-20)31(23-10-5-4-6-11-23)27(34)15-24(16-29(36)37)25-14-26(18-32-17-25)30-21(2)8-7-9-22(30)3/h4-11,14,17-18,20,24,31H,12-13,15-16,19H2,1-3H3,(H,36,37)/t20?,24-,31-/m0/s1. The predicted molar refractivity (Wildman–Crippen MR) is 143 cm³/mol. The number of likely N-dealkylation sites (tertiary alicyclic amines) is 1. The molecule has 2 aromatic carbocycles. The van der Waals surface area contributed by atoms with Gasteiger partial charge in [-0.1, -0.05) is 55.5 Å². The van der Waals surface area contributed by atoms with Gasteiger partial charge in [-0.2, -0.15) is 0 Å². The van der Waals surface area contributed by atoms with Crippen LogP contribution in [-0.2, 0) is 14.4 Å². The molecular formula is C31H34N2O4. The average Bonchev–Trinajstić information content (AvgIpc) is 2.86. The van der Waals surface area contributed by atoms with E-state index in [4.69, 9.17) is 0 Å². The van der Waals surface area contributed by atoms with Crippen molar-refractivity contribution < 1.29 is 19.5 Å². The average molecular weight is 499 g/mol. The minimum atomic E-state index is -0.978. The third-order valence-electron chi connectivity index (χ3n) is 7.28. The van der Waals surface area contributed by atoms with E-state index in [1.165, 1.54) is 0 Å². The van der Waals surface area contributed by atoms with Gasteiger partial charge in [-0.25, -0.2) is 0 Å². The van der Waals surface area contributed by atoms with Crippen LogP contribution < -0.4 is 0 Å². The molecule has 4 rings (SSSR count). The van der Waals surface area contributed by atoms with Crippen molar-refractivity contribution in [2.24, 2.45) is 5.92 Å². The van der Waals surface area contributed by atoms with Gasteiger partial charge in [0.2, 0.25) is 5.91 Å². The predicted octanol–water partition coefficient (Wildman–Crippen LogP) is 5.88. The Hall–Kier alpha value is -3.80. The lowest BCUT2D eigenvalue weighted by Crippen LogP contribution is -2.44. The maximum Gasteiger partial charge on any atom is 0.303 e. The number of nitrogens with zero attached hydrogens (tertiary/aromatic N) is 2. The molecule has 37 heavy (non-hydrogen) atoms. The van der Waals surface area contributed by atoms with Gasteiger partial charge >= 0.3 is 5.97 Å². The number of Topliss-reactive ketones (excluding diaryl/α,β-unsaturated/α-hetero) is 1. The molecule has 1 N–H and O–H groups in total. The number of hydrogen-bond acceptors (Lipinski definition) is 4. The number of aliphatic carboxylic acids is 1. The molecule has 1 aliphatic heterocycles. The van der Waals surface area contributed by atoms with Crippen LogP contribution in [0.3, 0.4) is 0 Å². The van der Waals surface area contributed by atoms with Crippen molar-refractivity contribution in [2.45, 2.75) is 58.4 Å². The summed E-state index contributed by atoms with van der Waals surface area (Å²) in [6.07, 6.45) is 4.46. The normalized spacial score (nSPS) is 17.3. The molecule has 1 aliphatic rings. The number of aryl methyl sites for hydroxylation is 2. The number of carboxylic acids is 1. The summed E-state index contributed by atoms with van der Waals surface area (Å²) >= 11 is 0. The zero-order chi connectivity index (χ0) is 26.5. The van der Waals surface area contributed by atoms with Gasteiger partial charge in [-0.3, -0.25) is 19.4 Å². The van der Waals surface area contributed by atoms with Gasteiger partial charge in [0, 0.05) is 43.3 Å². The third kappa shape index (κ3) is 6.13. The van der Waals surface area contributed by atoms with Crippen molar-refractivity contribution in [1.82, 2.24) is 9.88 Å². The van der Waals surface area contributed by atoms with Gasteiger partial charge in [0.05, 0.1) is 6.42 Å². The van der Waals surface area contributed by atoms with Crippen molar-refractivity contribution in [3.05, 3.63) is 89.2 Å². The smallest absolute Gasteiger partial charge is 0.303 e. The number of aromatic nitrogens is 1. The highest BCUT2D eigenvalue weighted by atomic mass is 16.4. The first-order chi connectivity index (χ1) is 17.7. The molecule has 0 bridgehead atoms. The second-order valence-corrected chi connectivity index (χ2v) is 10.2. The Morgan fingerprint density at radius 3 is 2.38 bits per heavy atom. The molecular weight excluding hydrogens is 464 g/mol. The highest BCUT2D eigenvalue weighted by molar-refractivity contribution is 5.91. The number of rotatable bonds is 9. The molecule has 1 saturated heterocycles. The van der Waals surface area contributed by atoms with Crippen molar-refractivity contribution in [3.63, 3.8) is 0 Å². The van der Waals surface area contributed by atoms with E-state index in [1.807, 2.05) is 68.4 Å². The fraction of sp³-hybridized carbons (Fsp3) is 0.355. The largest absolute Gasteiger partial charge is 0.481 e. The molecule has 3 atom stereocenters. The number of carbonyl (C=O) groups is 3. The zero-order valence-electron chi connectivity index (χ0n) is 21.7. The maximum atomic E-state index is 13.9. The third-order valence-corrected chi connectivity index (χ3v) is 7.28. The van der Waals surface area contributed by atoms with Crippen molar-refractivity contribution in [1.29, 1.82) is 0 Å². The minimum absolute atomic E-state index is 0.00189. The highest BCUT2D eigenvalue weighted by Crippen LogP contribution is 2.35. The van der Waals surface area contributed by atoms with Crippen LogP contribution in [0.5, 0.6) is 0 Å². The van der Waals surface area contributed by atoms with Crippen molar-refractivity contribution >= 4 is 17.7 Å². The van der Waals surface area contributed by atoms with E-state index in [-0.39, 0.29) is 24.5 Å². The first kappa shape index (κ1) is 26.3. The minimum Gasteiger partial charge on any atom is -0.481 e. The summed E-state index contributed by atoms with van der Waals surface area (Å²) in [6.45, 7) is 6.67. The van der Waals surface area contributed by atoms with Crippen molar-refractivity contribution in [3.8, 4) is 11.1 Å². The number of carbonyl (C=O) groups excluding carboxylic acids is 2. The molecule has 1 unspecified atom stereocenters. The van der Waals surface area contributed by atoms with Crippen LogP contribution >= 0.6 is 0 Å². The van der Waals surface area contributed by atoms with Gasteiger partial charge in [0.25, 0.3) is 0 Å². The lowest BCUT2D eigenvalue weighted by molar-refractivity contribution is -0.144. The van der Waals surface area contributed by atoms with Crippen LogP contribution in [0.4, 0.5) is 0 Å². The Bertz CT molecular complexity index is 1270. The topological polar surface area (TPSA) is 87.6 Å². The van der Waals surface area contributed by atoms with E-state index in [2.05, 4.69) is 11.9 Å². The summed E-state index contributed by atoms with van der Waals surface area (Å²) in [7, 11) is 0. The Labute approximate surface area is 218 Å². The number of carboxylic acid groups (broad SMARTS) is 1. The SMILES string of the molecule is Cc1cccc(C)c1-c1cncc([C@H](CC(=O)O)CC(=O)[C@H](c2ccccc2)N2CC(C)CCC2=O)c1. The van der Waals surface area contributed by atoms with Gasteiger partial charge in [0.15, 0.2) is 5.78 Å². The summed E-state index contributed by atoms with van der Waals surface area (Å²) in [5.74, 6) is -1.43. The molecule has 0 spiro atoms. The lowest BCUT2D eigenvalue weighted by Gasteiger charge is -2.37. The summed E-state index contributed by atoms with van der Waals surface area (Å²) < 4.78 is 0. The van der Waals surface area contributed by atoms with E-state index < -0.39 is 17.9 Å². The first-order valence-electron chi connectivity index (χ1n) is 12.8. The lowest BCUT2D eigenvalue weighted by atomic mass is 9.85. The van der Waals surface area contributed by atoms with Gasteiger partial charge < -0.3 is 10.0 Å². The molecule has 1 aromatic heterocycles. The van der Waals surface area contributed by atoms with Gasteiger partial charge in [-0.05, 0) is 60.1 Å². The molecule has 6 nitrogen and oxygen atoms in total. The van der Waals surface area contributed by atoms with E-state index in [1.54, 1.807) is 17.3 Å². The fourth-order valence-corrected chi connectivity index (χ4v) is 5.43. The molecule has 1 amide bonds. The Kier molecular flexibility index (Phi) is 8.17. The van der Waals surface area contributed by atoms with Crippen molar-refractivity contribution in [2.75, 3.05) is 6.54 Å². The molecule has 3 aromatic rings. The number of benzene rings is 2. The summed E-state index contributed by atoms with van der Waals surface area (Å²) in [4.78, 5) is 44.8. The van der Waals surface area contributed by atoms with E-state index in [9.17, 15) is 19.5 Å². The Morgan fingerprint density at radius 2 is 1.70 bits per heavy atom. The molecule has 6 heteroatoms. The fourth-order valence-electron chi connectivity index (χ4n) is 5.43. The molecule has 1 fully saturated rings. The first-order valence-corrected chi connectivity index (χ1v) is 12.8. The number of hydrogen-bond donors (Lipinski definition) is 1. The van der Waals surface area contributed by atoms with Crippen LogP contribution in [0.1, 0.15) is 66.8 Å². The molecule has 0 saturated carbocycles. The highest BCUT2D eigenvalue weighted by Gasteiger charge is 2.36. The summed E-state index contributed by atoms with van der Waals surface area (Å²) in [6, 6.07) is 16.6. The monoisotopic (exact) mass is 498 g/mol. The van der Waals surface area contributed by atoms with Gasteiger partial charge in [0.1, 0.15) is 6.04 Å². The van der Waals surface area contributed by atoms with Crippen LogP contribution in [0, 0.1) is 19.8 Å². The summed E-state index contributed by atoms with van der Waals surface area (Å²) in [5.41, 5.74) is 5.63. The van der Waals surface area contributed by atoms with E-state index >= 15 is 0 Å². The number of amides is 1. The van der Waals surface area contributed by atoms with Crippen LogP contribution in [0.25, 0.3) is 11.1 Å². The number of ketones is 1. The second-order valence-electron chi connectivity index (χ2n) is 10.2. The summed E-state index contributed by atoms with van der Waals surface area (Å²) in [5, 5.41) is 9.72. The molecule has 192 valence electrons. The molecule has 0 radical (unpaired) electrons. The Balaban J connectivity index is 1.69. The van der Waals surface area contributed by atoms with Crippen LogP contribution in [0.15, 0.2) is 67.0 Å². The quantitative estimate of drug-likeness (QED) is 0.398. The number of piperidine rings is 1. The second kappa shape index (κ2) is 11.5. The van der Waals surface area contributed by atoms with Gasteiger partial charge in [-0.15, -0.1) is 0 Å². The Morgan fingerprint density at radius 1 is 1.00 bits per heavy atom. The van der Waals surface area contributed by atoms with Crippen LogP contribution in [-0.4, -0.2) is 39.2 Å². The number of pyridine rings is 1. The molecule has 0 aliphatic carbocycles. The maximum absolute atomic E-state index is 13.9.